The zero-order valence-corrected chi connectivity index (χ0v) is 15.1. The van der Waals surface area contributed by atoms with Gasteiger partial charge in [-0.25, -0.2) is 9.67 Å². The van der Waals surface area contributed by atoms with Crippen LogP contribution in [0.5, 0.6) is 0 Å². The predicted molar refractivity (Wildman–Crippen MR) is 91.5 cm³/mol. The van der Waals surface area contributed by atoms with Gasteiger partial charge in [-0.15, -0.1) is 11.3 Å². The first-order valence-electron chi connectivity index (χ1n) is 7.58. The summed E-state index contributed by atoms with van der Waals surface area (Å²) < 4.78 is 1.74. The van der Waals surface area contributed by atoms with Gasteiger partial charge in [0.05, 0.1) is 28.5 Å². The minimum absolute atomic E-state index is 0.140. The van der Waals surface area contributed by atoms with Crippen molar-refractivity contribution in [3.05, 3.63) is 27.5 Å². The molecule has 6 nitrogen and oxygen atoms in total. The van der Waals surface area contributed by atoms with E-state index in [-0.39, 0.29) is 5.91 Å². The van der Waals surface area contributed by atoms with Gasteiger partial charge in [0.15, 0.2) is 0 Å². The minimum atomic E-state index is 0.140. The Labute approximate surface area is 144 Å². The number of thiazole rings is 1. The Morgan fingerprint density at radius 3 is 2.61 bits per heavy atom. The second-order valence-electron chi connectivity index (χ2n) is 5.88. The van der Waals surface area contributed by atoms with Crippen LogP contribution in [0.1, 0.15) is 17.1 Å². The molecule has 8 heteroatoms. The van der Waals surface area contributed by atoms with Crippen molar-refractivity contribution >= 4 is 28.8 Å². The second kappa shape index (κ2) is 6.59. The minimum Gasteiger partial charge on any atom is -0.340 e. The van der Waals surface area contributed by atoms with E-state index in [2.05, 4.69) is 22.0 Å². The number of amides is 1. The molecule has 2 aromatic rings. The van der Waals surface area contributed by atoms with Gasteiger partial charge in [-0.3, -0.25) is 4.79 Å². The standard InChI is InChI=1S/C15H20ClN5OS/c1-10-14(16)11(2)21(18-10)15-17-12(9-23-15)8-13(22)20-6-4-19(3)5-7-20/h9H,4-8H2,1-3H3. The van der Waals surface area contributed by atoms with E-state index in [1.807, 2.05) is 24.1 Å². The number of halogens is 1. The van der Waals surface area contributed by atoms with Crippen molar-refractivity contribution in [1.82, 2.24) is 24.6 Å². The van der Waals surface area contributed by atoms with E-state index in [1.54, 1.807) is 4.68 Å². The molecule has 0 atom stereocenters. The highest BCUT2D eigenvalue weighted by molar-refractivity contribution is 7.12. The maximum absolute atomic E-state index is 12.4. The highest BCUT2D eigenvalue weighted by Crippen LogP contribution is 2.24. The summed E-state index contributed by atoms with van der Waals surface area (Å²) in [7, 11) is 2.08. The highest BCUT2D eigenvalue weighted by Gasteiger charge is 2.20. The number of hydrogen-bond donors (Lipinski definition) is 0. The molecule has 1 fully saturated rings. The van der Waals surface area contributed by atoms with Crippen LogP contribution in [0.2, 0.25) is 5.02 Å². The summed E-state index contributed by atoms with van der Waals surface area (Å²) in [4.78, 5) is 21.1. The quantitative estimate of drug-likeness (QED) is 0.846. The Hall–Kier alpha value is -1.44. The molecule has 1 saturated heterocycles. The van der Waals surface area contributed by atoms with Crippen molar-refractivity contribution in [1.29, 1.82) is 0 Å². The SMILES string of the molecule is Cc1nn(-c2nc(CC(=O)N3CCN(C)CC3)cs2)c(C)c1Cl. The molecule has 0 saturated carbocycles. The first-order chi connectivity index (χ1) is 11.0. The van der Waals surface area contributed by atoms with Crippen LogP contribution in [-0.2, 0) is 11.2 Å². The first-order valence-corrected chi connectivity index (χ1v) is 8.84. The number of aromatic nitrogens is 3. The maximum Gasteiger partial charge on any atom is 0.228 e. The summed E-state index contributed by atoms with van der Waals surface area (Å²) in [6, 6.07) is 0. The summed E-state index contributed by atoms with van der Waals surface area (Å²) in [5.74, 6) is 0.140. The largest absolute Gasteiger partial charge is 0.340 e. The predicted octanol–water partition coefficient (Wildman–Crippen LogP) is 1.92. The number of carbonyl (C=O) groups excluding carboxylic acids is 1. The molecule has 3 heterocycles. The third-order valence-electron chi connectivity index (χ3n) is 4.11. The lowest BCUT2D eigenvalue weighted by Gasteiger charge is -2.32. The number of piperazine rings is 1. The van der Waals surface area contributed by atoms with E-state index in [9.17, 15) is 4.79 Å². The van der Waals surface area contributed by atoms with Gasteiger partial charge in [-0.05, 0) is 20.9 Å². The molecule has 0 spiro atoms. The molecule has 1 amide bonds. The lowest BCUT2D eigenvalue weighted by molar-refractivity contribution is -0.132. The fourth-order valence-electron chi connectivity index (χ4n) is 2.61. The summed E-state index contributed by atoms with van der Waals surface area (Å²) >= 11 is 7.66. The molecule has 2 aromatic heterocycles. The smallest absolute Gasteiger partial charge is 0.228 e. The fraction of sp³-hybridized carbons (Fsp3) is 0.533. The molecule has 124 valence electrons. The molecule has 3 rings (SSSR count). The summed E-state index contributed by atoms with van der Waals surface area (Å²) in [5, 5.41) is 7.74. The van der Waals surface area contributed by atoms with Crippen molar-refractivity contribution in [2.45, 2.75) is 20.3 Å². The lowest BCUT2D eigenvalue weighted by atomic mass is 10.2. The Balaban J connectivity index is 1.70. The summed E-state index contributed by atoms with van der Waals surface area (Å²) in [6.45, 7) is 7.23. The van der Waals surface area contributed by atoms with Crippen molar-refractivity contribution in [2.24, 2.45) is 0 Å². The van der Waals surface area contributed by atoms with Crippen LogP contribution in [0.25, 0.3) is 5.13 Å². The third kappa shape index (κ3) is 3.41. The van der Waals surface area contributed by atoms with E-state index in [4.69, 9.17) is 11.6 Å². The third-order valence-corrected chi connectivity index (χ3v) is 5.52. The zero-order valence-electron chi connectivity index (χ0n) is 13.5. The molecule has 0 N–H and O–H groups in total. The highest BCUT2D eigenvalue weighted by atomic mass is 35.5. The van der Waals surface area contributed by atoms with Crippen LogP contribution >= 0.6 is 22.9 Å². The van der Waals surface area contributed by atoms with Gasteiger partial charge in [0.2, 0.25) is 11.0 Å². The molecule has 0 unspecified atom stereocenters. The molecule has 0 aliphatic carbocycles. The fourth-order valence-corrected chi connectivity index (χ4v) is 3.55. The van der Waals surface area contributed by atoms with Crippen LogP contribution in [-0.4, -0.2) is 63.7 Å². The van der Waals surface area contributed by atoms with Gasteiger partial charge in [0, 0.05) is 31.6 Å². The molecule has 0 aromatic carbocycles. The van der Waals surface area contributed by atoms with Crippen LogP contribution in [0.3, 0.4) is 0 Å². The van der Waals surface area contributed by atoms with E-state index < -0.39 is 0 Å². The van der Waals surface area contributed by atoms with Crippen molar-refractivity contribution < 1.29 is 4.79 Å². The van der Waals surface area contributed by atoms with Crippen LogP contribution in [0.4, 0.5) is 0 Å². The number of likely N-dealkylation sites (N-methyl/N-ethyl adjacent to an activating group) is 1. The topological polar surface area (TPSA) is 54.3 Å². The molecule has 0 radical (unpaired) electrons. The van der Waals surface area contributed by atoms with Gasteiger partial charge in [0.1, 0.15) is 0 Å². The molecule has 1 aliphatic heterocycles. The Morgan fingerprint density at radius 1 is 1.30 bits per heavy atom. The van der Waals surface area contributed by atoms with Gasteiger partial charge >= 0.3 is 0 Å². The average Bonchev–Trinajstić information content (AvgIpc) is 3.08. The number of nitrogens with zero attached hydrogens (tertiary/aromatic N) is 5. The number of hydrogen-bond acceptors (Lipinski definition) is 5. The Kier molecular flexibility index (Phi) is 4.70. The van der Waals surface area contributed by atoms with Crippen LogP contribution in [0.15, 0.2) is 5.38 Å². The number of rotatable bonds is 3. The zero-order chi connectivity index (χ0) is 16.6. The first kappa shape index (κ1) is 16.4. The van der Waals surface area contributed by atoms with E-state index in [0.717, 1.165) is 48.4 Å². The monoisotopic (exact) mass is 353 g/mol. The van der Waals surface area contributed by atoms with Crippen LogP contribution in [0, 0.1) is 13.8 Å². The van der Waals surface area contributed by atoms with E-state index in [0.29, 0.717) is 11.4 Å². The average molecular weight is 354 g/mol. The van der Waals surface area contributed by atoms with E-state index in [1.165, 1.54) is 11.3 Å². The lowest BCUT2D eigenvalue weighted by Crippen LogP contribution is -2.47. The Morgan fingerprint density at radius 2 is 2.00 bits per heavy atom. The molecule has 0 bridgehead atoms. The Bertz CT molecular complexity index is 718. The van der Waals surface area contributed by atoms with Gasteiger partial charge < -0.3 is 9.80 Å². The van der Waals surface area contributed by atoms with Crippen molar-refractivity contribution in [3.8, 4) is 5.13 Å². The normalized spacial score (nSPS) is 16.1. The molecular formula is C15H20ClN5OS. The number of aryl methyl sites for hydroxylation is 1. The molecule has 1 aliphatic rings. The van der Waals surface area contributed by atoms with Gasteiger partial charge in [0.25, 0.3) is 0 Å². The van der Waals surface area contributed by atoms with E-state index >= 15 is 0 Å². The summed E-state index contributed by atoms with van der Waals surface area (Å²) in [5.41, 5.74) is 2.45. The maximum atomic E-state index is 12.4. The second-order valence-corrected chi connectivity index (χ2v) is 7.09. The van der Waals surface area contributed by atoms with Gasteiger partial charge in [-0.2, -0.15) is 5.10 Å². The van der Waals surface area contributed by atoms with Crippen molar-refractivity contribution in [2.75, 3.05) is 33.2 Å². The molecule has 23 heavy (non-hydrogen) atoms. The van der Waals surface area contributed by atoms with Crippen molar-refractivity contribution in [3.63, 3.8) is 0 Å². The molecular weight excluding hydrogens is 334 g/mol. The number of carbonyl (C=O) groups is 1. The summed E-state index contributed by atoms with van der Waals surface area (Å²) in [6.07, 6.45) is 0.341. The van der Waals surface area contributed by atoms with Gasteiger partial charge in [-0.1, -0.05) is 11.6 Å². The van der Waals surface area contributed by atoms with Crippen LogP contribution < -0.4 is 0 Å².